The minimum Gasteiger partial charge on any atom is -0.392 e. The molecule has 0 spiro atoms. The van der Waals surface area contributed by atoms with Crippen LogP contribution in [0, 0.1) is 5.92 Å². The molecule has 0 saturated carbocycles. The number of aromatic nitrogens is 1. The summed E-state index contributed by atoms with van der Waals surface area (Å²) in [7, 11) is 1.91. The van der Waals surface area contributed by atoms with E-state index in [4.69, 9.17) is 0 Å². The number of nitrogens with one attached hydrogen (secondary N) is 1. The van der Waals surface area contributed by atoms with E-state index in [2.05, 4.69) is 28.2 Å². The number of hydrogen-bond acceptors (Lipinski definition) is 4. The Labute approximate surface area is 103 Å². The Morgan fingerprint density at radius 3 is 3.12 bits per heavy atom. The van der Waals surface area contributed by atoms with Gasteiger partial charge < -0.3 is 10.4 Å². The minimum atomic E-state index is -0.198. The molecule has 0 amide bonds. The van der Waals surface area contributed by atoms with Crippen LogP contribution in [0.3, 0.4) is 0 Å². The molecule has 2 atom stereocenters. The standard InChI is InChI=1S/C13H21N3O/c1-10-4-6-16(9-13(10)17)8-12-7-11(14-2)3-5-15-12/h3,5,7,10,13,17H,4,6,8-9H2,1-2H3,(H,14,15). The number of aliphatic hydroxyl groups excluding tert-OH is 1. The van der Waals surface area contributed by atoms with E-state index >= 15 is 0 Å². The normalized spacial score (nSPS) is 25.8. The van der Waals surface area contributed by atoms with Gasteiger partial charge >= 0.3 is 0 Å². The topological polar surface area (TPSA) is 48.4 Å². The van der Waals surface area contributed by atoms with Crippen molar-refractivity contribution in [3.05, 3.63) is 24.0 Å². The van der Waals surface area contributed by atoms with Crippen LogP contribution in [0.4, 0.5) is 5.69 Å². The van der Waals surface area contributed by atoms with Crippen LogP contribution in [0.2, 0.25) is 0 Å². The van der Waals surface area contributed by atoms with Gasteiger partial charge in [-0.1, -0.05) is 6.92 Å². The van der Waals surface area contributed by atoms with Crippen LogP contribution in [-0.2, 0) is 6.54 Å². The summed E-state index contributed by atoms with van der Waals surface area (Å²) < 4.78 is 0. The molecule has 0 bridgehead atoms. The second-order valence-electron chi connectivity index (χ2n) is 4.85. The summed E-state index contributed by atoms with van der Waals surface area (Å²) in [6.07, 6.45) is 2.69. The summed E-state index contributed by atoms with van der Waals surface area (Å²) in [5.74, 6) is 0.419. The van der Waals surface area contributed by atoms with Crippen LogP contribution in [0.5, 0.6) is 0 Å². The molecule has 4 nitrogen and oxygen atoms in total. The van der Waals surface area contributed by atoms with E-state index in [1.807, 2.05) is 19.3 Å². The molecular formula is C13H21N3O. The maximum Gasteiger partial charge on any atom is 0.0693 e. The van der Waals surface area contributed by atoms with E-state index in [0.717, 1.165) is 37.4 Å². The number of piperidine rings is 1. The lowest BCUT2D eigenvalue weighted by molar-refractivity contribution is 0.0254. The van der Waals surface area contributed by atoms with Crippen LogP contribution in [0.15, 0.2) is 18.3 Å². The number of rotatable bonds is 3. The van der Waals surface area contributed by atoms with Gasteiger partial charge in [0.1, 0.15) is 0 Å². The summed E-state index contributed by atoms with van der Waals surface area (Å²) in [6, 6.07) is 4.01. The first kappa shape index (κ1) is 12.3. The predicted molar refractivity (Wildman–Crippen MR) is 68.8 cm³/mol. The minimum absolute atomic E-state index is 0.198. The number of pyridine rings is 1. The first-order valence-electron chi connectivity index (χ1n) is 6.22. The molecule has 0 aromatic carbocycles. The molecule has 1 aromatic rings. The number of hydrogen-bond donors (Lipinski definition) is 2. The van der Waals surface area contributed by atoms with Crippen molar-refractivity contribution in [1.82, 2.24) is 9.88 Å². The van der Waals surface area contributed by atoms with Crippen molar-refractivity contribution in [2.45, 2.75) is 26.0 Å². The smallest absolute Gasteiger partial charge is 0.0693 e. The van der Waals surface area contributed by atoms with Crippen molar-refractivity contribution in [2.24, 2.45) is 5.92 Å². The summed E-state index contributed by atoms with van der Waals surface area (Å²) in [5, 5.41) is 13.0. The van der Waals surface area contributed by atoms with Gasteiger partial charge in [0.15, 0.2) is 0 Å². The Morgan fingerprint density at radius 1 is 1.59 bits per heavy atom. The Hall–Kier alpha value is -1.13. The van der Waals surface area contributed by atoms with Gasteiger partial charge in [-0.3, -0.25) is 9.88 Å². The van der Waals surface area contributed by atoms with Gasteiger partial charge in [0, 0.05) is 32.0 Å². The van der Waals surface area contributed by atoms with Crippen LogP contribution >= 0.6 is 0 Å². The molecule has 1 aliphatic rings. The van der Waals surface area contributed by atoms with Gasteiger partial charge in [-0.2, -0.15) is 0 Å². The fraction of sp³-hybridized carbons (Fsp3) is 0.615. The molecule has 2 heterocycles. The molecule has 2 rings (SSSR count). The highest BCUT2D eigenvalue weighted by Gasteiger charge is 2.24. The molecule has 1 aromatic heterocycles. The van der Waals surface area contributed by atoms with Gasteiger partial charge in [0.05, 0.1) is 11.8 Å². The molecule has 2 N–H and O–H groups in total. The maximum absolute atomic E-state index is 9.85. The summed E-state index contributed by atoms with van der Waals surface area (Å²) in [4.78, 5) is 6.63. The van der Waals surface area contributed by atoms with E-state index in [1.165, 1.54) is 0 Å². The number of nitrogens with zero attached hydrogens (tertiary/aromatic N) is 2. The third-order valence-electron chi connectivity index (χ3n) is 3.49. The molecule has 0 radical (unpaired) electrons. The zero-order chi connectivity index (χ0) is 12.3. The van der Waals surface area contributed by atoms with Gasteiger partial charge in [-0.05, 0) is 31.0 Å². The van der Waals surface area contributed by atoms with Crippen LogP contribution in [0.1, 0.15) is 19.0 Å². The van der Waals surface area contributed by atoms with Crippen molar-refractivity contribution in [3.63, 3.8) is 0 Å². The van der Waals surface area contributed by atoms with Crippen molar-refractivity contribution in [2.75, 3.05) is 25.5 Å². The van der Waals surface area contributed by atoms with E-state index < -0.39 is 0 Å². The second-order valence-corrected chi connectivity index (χ2v) is 4.85. The SMILES string of the molecule is CNc1ccnc(CN2CCC(C)C(O)C2)c1. The average molecular weight is 235 g/mol. The fourth-order valence-corrected chi connectivity index (χ4v) is 2.21. The summed E-state index contributed by atoms with van der Waals surface area (Å²) in [6.45, 7) is 4.73. The first-order chi connectivity index (χ1) is 8.19. The molecule has 1 fully saturated rings. The second kappa shape index (κ2) is 5.47. The quantitative estimate of drug-likeness (QED) is 0.829. The van der Waals surface area contributed by atoms with E-state index in [1.54, 1.807) is 0 Å². The summed E-state index contributed by atoms with van der Waals surface area (Å²) >= 11 is 0. The lowest BCUT2D eigenvalue weighted by Crippen LogP contribution is -2.42. The van der Waals surface area contributed by atoms with Crippen LogP contribution in [-0.4, -0.2) is 41.2 Å². The zero-order valence-corrected chi connectivity index (χ0v) is 10.6. The molecule has 1 saturated heterocycles. The molecule has 94 valence electrons. The molecular weight excluding hydrogens is 214 g/mol. The average Bonchev–Trinajstić information content (AvgIpc) is 2.34. The van der Waals surface area contributed by atoms with Gasteiger partial charge in [-0.15, -0.1) is 0 Å². The first-order valence-corrected chi connectivity index (χ1v) is 6.22. The van der Waals surface area contributed by atoms with E-state index in [0.29, 0.717) is 5.92 Å². The van der Waals surface area contributed by atoms with Crippen LogP contribution < -0.4 is 5.32 Å². The van der Waals surface area contributed by atoms with E-state index in [-0.39, 0.29) is 6.10 Å². The van der Waals surface area contributed by atoms with Crippen molar-refractivity contribution < 1.29 is 5.11 Å². The third-order valence-corrected chi connectivity index (χ3v) is 3.49. The van der Waals surface area contributed by atoms with Crippen molar-refractivity contribution in [1.29, 1.82) is 0 Å². The highest BCUT2D eigenvalue weighted by atomic mass is 16.3. The van der Waals surface area contributed by atoms with Crippen LogP contribution in [0.25, 0.3) is 0 Å². The monoisotopic (exact) mass is 235 g/mol. The number of anilines is 1. The lowest BCUT2D eigenvalue weighted by atomic mass is 9.96. The number of likely N-dealkylation sites (tertiary alicyclic amines) is 1. The number of β-amino-alcohol motifs (C(OH)–C–C–N with tert-alkyl or cyclic N) is 1. The molecule has 2 unspecified atom stereocenters. The Kier molecular flexibility index (Phi) is 3.97. The van der Waals surface area contributed by atoms with Gasteiger partial charge in [0.2, 0.25) is 0 Å². The molecule has 0 aliphatic carbocycles. The lowest BCUT2D eigenvalue weighted by Gasteiger charge is -2.34. The fourth-order valence-electron chi connectivity index (χ4n) is 2.21. The highest BCUT2D eigenvalue weighted by Crippen LogP contribution is 2.19. The van der Waals surface area contributed by atoms with Crippen molar-refractivity contribution in [3.8, 4) is 0 Å². The molecule has 17 heavy (non-hydrogen) atoms. The van der Waals surface area contributed by atoms with Crippen molar-refractivity contribution >= 4 is 5.69 Å². The predicted octanol–water partition coefficient (Wildman–Crippen LogP) is 1.33. The van der Waals surface area contributed by atoms with Gasteiger partial charge in [0.25, 0.3) is 0 Å². The maximum atomic E-state index is 9.85. The Morgan fingerprint density at radius 2 is 2.41 bits per heavy atom. The largest absolute Gasteiger partial charge is 0.392 e. The molecule has 4 heteroatoms. The van der Waals surface area contributed by atoms with E-state index in [9.17, 15) is 5.11 Å². The third kappa shape index (κ3) is 3.17. The zero-order valence-electron chi connectivity index (χ0n) is 10.6. The Bertz CT molecular complexity index is 369. The summed E-state index contributed by atoms with van der Waals surface area (Å²) in [5.41, 5.74) is 2.14. The number of aliphatic hydroxyl groups is 1. The van der Waals surface area contributed by atoms with Gasteiger partial charge in [-0.25, -0.2) is 0 Å². The highest BCUT2D eigenvalue weighted by molar-refractivity contribution is 5.42. The molecule has 1 aliphatic heterocycles. The Balaban J connectivity index is 1.96.